The Hall–Kier alpha value is -3.17. The van der Waals surface area contributed by atoms with Crippen molar-refractivity contribution in [2.75, 3.05) is 18.5 Å². The van der Waals surface area contributed by atoms with Crippen LogP contribution in [0, 0.1) is 11.8 Å². The number of nitrogens with one attached hydrogen (secondary N) is 2. The van der Waals surface area contributed by atoms with E-state index in [1.165, 1.54) is 6.92 Å². The molecule has 0 heterocycles. The average Bonchev–Trinajstić information content (AvgIpc) is 2.66. The van der Waals surface area contributed by atoms with Crippen LogP contribution in [0.15, 0.2) is 48.5 Å². The zero-order valence-corrected chi connectivity index (χ0v) is 17.3. The van der Waals surface area contributed by atoms with Crippen molar-refractivity contribution in [2.24, 2.45) is 0 Å². The molecular formula is C22H23ClN2O4. The van der Waals surface area contributed by atoms with Crippen molar-refractivity contribution >= 4 is 29.1 Å². The summed E-state index contributed by atoms with van der Waals surface area (Å²) in [6, 6.07) is 13.8. The highest BCUT2D eigenvalue weighted by Gasteiger charge is 2.29. The van der Waals surface area contributed by atoms with Crippen molar-refractivity contribution in [1.29, 1.82) is 0 Å². The van der Waals surface area contributed by atoms with E-state index in [9.17, 15) is 9.59 Å². The van der Waals surface area contributed by atoms with Crippen LogP contribution in [-0.4, -0.2) is 30.6 Å². The SMILES string of the molecule is CC(=O)Nc1cccc(OCC#CCNC(=O)C(C)(C)Oc2ccc(Cl)cc2)c1. The van der Waals surface area contributed by atoms with E-state index in [0.717, 1.165) is 0 Å². The van der Waals surface area contributed by atoms with Gasteiger partial charge in [-0.15, -0.1) is 0 Å². The van der Waals surface area contributed by atoms with Gasteiger partial charge in [-0.1, -0.05) is 29.5 Å². The van der Waals surface area contributed by atoms with E-state index in [2.05, 4.69) is 22.5 Å². The first-order valence-electron chi connectivity index (χ1n) is 8.95. The fourth-order valence-electron chi connectivity index (χ4n) is 2.28. The zero-order valence-electron chi connectivity index (χ0n) is 16.5. The Morgan fingerprint density at radius 2 is 1.79 bits per heavy atom. The first-order valence-corrected chi connectivity index (χ1v) is 9.33. The van der Waals surface area contributed by atoms with Crippen LogP contribution in [0.2, 0.25) is 5.02 Å². The van der Waals surface area contributed by atoms with E-state index in [1.807, 2.05) is 0 Å². The highest BCUT2D eigenvalue weighted by molar-refractivity contribution is 6.30. The molecule has 2 rings (SSSR count). The van der Waals surface area contributed by atoms with E-state index in [-0.39, 0.29) is 25.0 Å². The Kier molecular flexibility index (Phi) is 7.93. The summed E-state index contributed by atoms with van der Waals surface area (Å²) < 4.78 is 11.2. The number of hydrogen-bond donors (Lipinski definition) is 2. The average molecular weight is 415 g/mol. The molecule has 0 aromatic heterocycles. The minimum atomic E-state index is -1.06. The fourth-order valence-corrected chi connectivity index (χ4v) is 2.41. The van der Waals surface area contributed by atoms with Gasteiger partial charge in [-0.2, -0.15) is 0 Å². The number of amides is 2. The van der Waals surface area contributed by atoms with E-state index >= 15 is 0 Å². The van der Waals surface area contributed by atoms with E-state index in [1.54, 1.807) is 62.4 Å². The summed E-state index contributed by atoms with van der Waals surface area (Å²) in [5.74, 6) is 6.36. The van der Waals surface area contributed by atoms with Gasteiger partial charge >= 0.3 is 0 Å². The van der Waals surface area contributed by atoms with Gasteiger partial charge in [0.15, 0.2) is 5.60 Å². The molecule has 29 heavy (non-hydrogen) atoms. The van der Waals surface area contributed by atoms with Crippen molar-refractivity contribution in [3.63, 3.8) is 0 Å². The monoisotopic (exact) mass is 414 g/mol. The lowest BCUT2D eigenvalue weighted by molar-refractivity contribution is -0.133. The minimum absolute atomic E-state index is 0.152. The second-order valence-electron chi connectivity index (χ2n) is 6.60. The predicted molar refractivity (Wildman–Crippen MR) is 113 cm³/mol. The molecule has 2 N–H and O–H groups in total. The van der Waals surface area contributed by atoms with Gasteiger partial charge in [-0.05, 0) is 50.2 Å². The van der Waals surface area contributed by atoms with Gasteiger partial charge in [-0.25, -0.2) is 0 Å². The standard InChI is InChI=1S/C22H23ClN2O4/c1-16(26)25-18-7-6-8-20(15-18)28-14-5-4-13-24-21(27)22(2,3)29-19-11-9-17(23)10-12-19/h6-12,15H,13-14H2,1-3H3,(H,24,27)(H,25,26). The number of rotatable bonds is 7. The van der Waals surface area contributed by atoms with Crippen molar-refractivity contribution in [2.45, 2.75) is 26.4 Å². The lowest BCUT2D eigenvalue weighted by atomic mass is 10.1. The molecule has 0 atom stereocenters. The summed E-state index contributed by atoms with van der Waals surface area (Å²) >= 11 is 5.85. The molecule has 0 saturated heterocycles. The van der Waals surface area contributed by atoms with Crippen LogP contribution in [0.25, 0.3) is 0 Å². The number of carbonyl (C=O) groups is 2. The molecule has 0 spiro atoms. The van der Waals surface area contributed by atoms with Gasteiger partial charge in [0.05, 0.1) is 6.54 Å². The predicted octanol–water partition coefficient (Wildman–Crippen LogP) is 3.65. The lowest BCUT2D eigenvalue weighted by Crippen LogP contribution is -2.46. The molecule has 2 aromatic rings. The quantitative estimate of drug-likeness (QED) is 0.678. The van der Waals surface area contributed by atoms with Crippen LogP contribution in [0.3, 0.4) is 0 Å². The van der Waals surface area contributed by atoms with Crippen LogP contribution in [0.5, 0.6) is 11.5 Å². The van der Waals surface area contributed by atoms with Crippen LogP contribution < -0.4 is 20.1 Å². The summed E-state index contributed by atoms with van der Waals surface area (Å²) in [4.78, 5) is 23.4. The molecule has 152 valence electrons. The van der Waals surface area contributed by atoms with Gasteiger partial charge < -0.3 is 20.1 Å². The molecule has 0 aliphatic heterocycles. The van der Waals surface area contributed by atoms with Crippen LogP contribution in [0.1, 0.15) is 20.8 Å². The number of anilines is 1. The Labute approximate surface area is 175 Å². The summed E-state index contributed by atoms with van der Waals surface area (Å²) in [5, 5.41) is 6.00. The zero-order chi connectivity index (χ0) is 21.3. The van der Waals surface area contributed by atoms with Gasteiger partial charge in [0.2, 0.25) is 5.91 Å². The molecule has 0 radical (unpaired) electrons. The second kappa shape index (κ2) is 10.4. The van der Waals surface area contributed by atoms with Gasteiger partial charge in [0.25, 0.3) is 5.91 Å². The third kappa shape index (κ3) is 7.76. The molecular weight excluding hydrogens is 392 g/mol. The Morgan fingerprint density at radius 3 is 2.48 bits per heavy atom. The van der Waals surface area contributed by atoms with Crippen molar-refractivity contribution < 1.29 is 19.1 Å². The molecule has 2 aromatic carbocycles. The van der Waals surface area contributed by atoms with Crippen molar-refractivity contribution in [3.05, 3.63) is 53.6 Å². The van der Waals surface area contributed by atoms with Gasteiger partial charge in [0.1, 0.15) is 18.1 Å². The highest BCUT2D eigenvalue weighted by Crippen LogP contribution is 2.21. The van der Waals surface area contributed by atoms with Crippen LogP contribution in [0.4, 0.5) is 5.69 Å². The third-order valence-corrected chi connectivity index (χ3v) is 3.91. The number of benzene rings is 2. The largest absolute Gasteiger partial charge is 0.481 e. The first kappa shape index (κ1) is 22.1. The maximum Gasteiger partial charge on any atom is 0.264 e. The Bertz CT molecular complexity index is 914. The van der Waals surface area contributed by atoms with E-state index in [4.69, 9.17) is 21.1 Å². The Morgan fingerprint density at radius 1 is 1.07 bits per heavy atom. The van der Waals surface area contributed by atoms with Crippen molar-refractivity contribution in [3.8, 4) is 23.3 Å². The van der Waals surface area contributed by atoms with Crippen molar-refractivity contribution in [1.82, 2.24) is 5.32 Å². The summed E-state index contributed by atoms with van der Waals surface area (Å²) in [7, 11) is 0. The van der Waals surface area contributed by atoms with Crippen LogP contribution >= 0.6 is 11.6 Å². The lowest BCUT2D eigenvalue weighted by Gasteiger charge is -2.24. The fraction of sp³-hybridized carbons (Fsp3) is 0.273. The maximum absolute atomic E-state index is 12.3. The highest BCUT2D eigenvalue weighted by atomic mass is 35.5. The number of carbonyl (C=O) groups excluding carboxylic acids is 2. The summed E-state index contributed by atoms with van der Waals surface area (Å²) in [5.41, 5.74) is -0.408. The van der Waals surface area contributed by atoms with Gasteiger partial charge in [-0.3, -0.25) is 9.59 Å². The molecule has 6 nitrogen and oxygen atoms in total. The normalized spacial score (nSPS) is 10.3. The molecule has 0 aliphatic carbocycles. The Balaban J connectivity index is 1.76. The van der Waals surface area contributed by atoms with Gasteiger partial charge in [0, 0.05) is 23.7 Å². The molecule has 0 unspecified atom stereocenters. The molecule has 0 saturated carbocycles. The number of hydrogen-bond acceptors (Lipinski definition) is 4. The van der Waals surface area contributed by atoms with Crippen LogP contribution in [-0.2, 0) is 9.59 Å². The topological polar surface area (TPSA) is 76.7 Å². The molecule has 2 amide bonds. The summed E-state index contributed by atoms with van der Waals surface area (Å²) in [6.45, 7) is 5.12. The summed E-state index contributed by atoms with van der Waals surface area (Å²) in [6.07, 6.45) is 0. The smallest absolute Gasteiger partial charge is 0.264 e. The molecule has 7 heteroatoms. The van der Waals surface area contributed by atoms with E-state index in [0.29, 0.717) is 22.2 Å². The number of ether oxygens (including phenoxy) is 2. The number of halogens is 1. The molecule has 0 bridgehead atoms. The third-order valence-electron chi connectivity index (χ3n) is 3.66. The minimum Gasteiger partial charge on any atom is -0.481 e. The van der Waals surface area contributed by atoms with E-state index < -0.39 is 5.60 Å². The molecule has 0 aliphatic rings. The molecule has 0 fully saturated rings. The maximum atomic E-state index is 12.3. The second-order valence-corrected chi connectivity index (χ2v) is 7.04. The first-order chi connectivity index (χ1) is 13.8.